The van der Waals surface area contributed by atoms with Crippen LogP contribution in [0.4, 0.5) is 21.8 Å². The van der Waals surface area contributed by atoms with Gasteiger partial charge in [-0.15, -0.1) is 0 Å². The van der Waals surface area contributed by atoms with Gasteiger partial charge in [-0.2, -0.15) is 4.98 Å². The SMILES string of the molecule is CCCNc1nc(C)cc(Nc2cc(C)cc(F)c2)n1. The number of hydrogen-bond donors (Lipinski definition) is 2. The molecule has 2 aromatic rings. The smallest absolute Gasteiger partial charge is 0.224 e. The molecule has 0 aliphatic heterocycles. The summed E-state index contributed by atoms with van der Waals surface area (Å²) in [5, 5.41) is 6.26. The number of aryl methyl sites for hydroxylation is 2. The van der Waals surface area contributed by atoms with Gasteiger partial charge in [0.25, 0.3) is 0 Å². The van der Waals surface area contributed by atoms with Crippen LogP contribution in [0.3, 0.4) is 0 Å². The number of anilines is 3. The van der Waals surface area contributed by atoms with E-state index in [2.05, 4.69) is 27.5 Å². The first-order chi connectivity index (χ1) is 9.56. The lowest BCUT2D eigenvalue weighted by Crippen LogP contribution is -2.07. The second kappa shape index (κ2) is 6.32. The number of hydrogen-bond acceptors (Lipinski definition) is 4. The van der Waals surface area contributed by atoms with E-state index in [1.807, 2.05) is 26.0 Å². The van der Waals surface area contributed by atoms with Crippen LogP contribution in [0.2, 0.25) is 0 Å². The summed E-state index contributed by atoms with van der Waals surface area (Å²) in [4.78, 5) is 8.68. The molecule has 0 saturated carbocycles. The van der Waals surface area contributed by atoms with Crippen LogP contribution in [0.5, 0.6) is 0 Å². The molecule has 1 aromatic carbocycles. The Hall–Kier alpha value is -2.17. The minimum atomic E-state index is -0.261. The van der Waals surface area contributed by atoms with E-state index >= 15 is 0 Å². The van der Waals surface area contributed by atoms with Crippen molar-refractivity contribution in [2.24, 2.45) is 0 Å². The van der Waals surface area contributed by atoms with Crippen molar-refractivity contribution in [3.8, 4) is 0 Å². The fraction of sp³-hybridized carbons (Fsp3) is 0.333. The summed E-state index contributed by atoms with van der Waals surface area (Å²) in [7, 11) is 0. The normalized spacial score (nSPS) is 10.4. The molecule has 2 N–H and O–H groups in total. The average molecular weight is 274 g/mol. The van der Waals surface area contributed by atoms with Crippen LogP contribution in [-0.2, 0) is 0 Å². The van der Waals surface area contributed by atoms with Crippen molar-refractivity contribution in [3.05, 3.63) is 41.3 Å². The van der Waals surface area contributed by atoms with Crippen LogP contribution >= 0.6 is 0 Å². The number of halogens is 1. The molecule has 2 rings (SSSR count). The van der Waals surface area contributed by atoms with Gasteiger partial charge in [0.2, 0.25) is 5.95 Å². The van der Waals surface area contributed by atoms with Crippen molar-refractivity contribution in [2.75, 3.05) is 17.2 Å². The van der Waals surface area contributed by atoms with Gasteiger partial charge in [0.15, 0.2) is 0 Å². The summed E-state index contributed by atoms with van der Waals surface area (Å²) in [6.45, 7) is 6.66. The molecule has 5 heteroatoms. The van der Waals surface area contributed by atoms with E-state index in [-0.39, 0.29) is 5.82 Å². The van der Waals surface area contributed by atoms with Gasteiger partial charge in [-0.05, 0) is 44.0 Å². The number of nitrogens with one attached hydrogen (secondary N) is 2. The van der Waals surface area contributed by atoms with Crippen LogP contribution in [0.15, 0.2) is 24.3 Å². The monoisotopic (exact) mass is 274 g/mol. The second-order valence-corrected chi connectivity index (χ2v) is 4.79. The van der Waals surface area contributed by atoms with Gasteiger partial charge in [-0.1, -0.05) is 6.92 Å². The Morgan fingerprint density at radius 1 is 1.10 bits per heavy atom. The highest BCUT2D eigenvalue weighted by molar-refractivity contribution is 5.58. The van der Waals surface area contributed by atoms with Crippen molar-refractivity contribution in [2.45, 2.75) is 27.2 Å². The molecule has 0 amide bonds. The fourth-order valence-corrected chi connectivity index (χ4v) is 1.90. The van der Waals surface area contributed by atoms with Gasteiger partial charge in [0.1, 0.15) is 11.6 Å². The first kappa shape index (κ1) is 14.2. The lowest BCUT2D eigenvalue weighted by atomic mass is 10.2. The van der Waals surface area contributed by atoms with E-state index in [9.17, 15) is 4.39 Å². The molecule has 4 nitrogen and oxygen atoms in total. The van der Waals surface area contributed by atoms with Gasteiger partial charge in [0, 0.05) is 24.0 Å². The topological polar surface area (TPSA) is 49.8 Å². The predicted molar refractivity (Wildman–Crippen MR) is 80.0 cm³/mol. The molecule has 0 spiro atoms. The van der Waals surface area contributed by atoms with E-state index in [0.29, 0.717) is 17.5 Å². The third-order valence-corrected chi connectivity index (χ3v) is 2.70. The Morgan fingerprint density at radius 3 is 2.60 bits per heavy atom. The number of benzene rings is 1. The zero-order chi connectivity index (χ0) is 14.5. The van der Waals surface area contributed by atoms with Crippen molar-refractivity contribution < 1.29 is 4.39 Å². The van der Waals surface area contributed by atoms with Crippen LogP contribution < -0.4 is 10.6 Å². The zero-order valence-corrected chi connectivity index (χ0v) is 12.0. The molecule has 0 radical (unpaired) electrons. The van der Waals surface area contributed by atoms with Gasteiger partial charge >= 0.3 is 0 Å². The Labute approximate surface area is 118 Å². The molecule has 0 aliphatic carbocycles. The summed E-state index contributed by atoms with van der Waals surface area (Å²) >= 11 is 0. The van der Waals surface area contributed by atoms with Gasteiger partial charge in [0.05, 0.1) is 0 Å². The van der Waals surface area contributed by atoms with Crippen LogP contribution in [-0.4, -0.2) is 16.5 Å². The van der Waals surface area contributed by atoms with Crippen molar-refractivity contribution in [3.63, 3.8) is 0 Å². The van der Waals surface area contributed by atoms with E-state index in [1.165, 1.54) is 12.1 Å². The van der Waals surface area contributed by atoms with Crippen molar-refractivity contribution >= 4 is 17.5 Å². The Bertz CT molecular complexity index is 578. The molecule has 0 saturated heterocycles. The zero-order valence-electron chi connectivity index (χ0n) is 12.0. The molecule has 1 aromatic heterocycles. The van der Waals surface area contributed by atoms with Crippen molar-refractivity contribution in [1.29, 1.82) is 0 Å². The largest absolute Gasteiger partial charge is 0.354 e. The predicted octanol–water partition coefficient (Wildman–Crippen LogP) is 3.80. The molecule has 0 atom stereocenters. The summed E-state index contributed by atoms with van der Waals surface area (Å²) < 4.78 is 13.4. The first-order valence-corrected chi connectivity index (χ1v) is 6.70. The summed E-state index contributed by atoms with van der Waals surface area (Å²) in [5.74, 6) is 0.978. The molecule has 0 fully saturated rings. The van der Waals surface area contributed by atoms with Gasteiger partial charge in [-0.3, -0.25) is 0 Å². The molecular weight excluding hydrogens is 255 g/mol. The minimum absolute atomic E-state index is 0.261. The lowest BCUT2D eigenvalue weighted by Gasteiger charge is -2.10. The highest BCUT2D eigenvalue weighted by Crippen LogP contribution is 2.19. The highest BCUT2D eigenvalue weighted by atomic mass is 19.1. The van der Waals surface area contributed by atoms with Crippen LogP contribution in [0.25, 0.3) is 0 Å². The second-order valence-electron chi connectivity index (χ2n) is 4.79. The van der Waals surface area contributed by atoms with Crippen LogP contribution in [0.1, 0.15) is 24.6 Å². The molecule has 106 valence electrons. The average Bonchev–Trinajstić information content (AvgIpc) is 2.34. The fourth-order valence-electron chi connectivity index (χ4n) is 1.90. The molecule has 20 heavy (non-hydrogen) atoms. The minimum Gasteiger partial charge on any atom is -0.354 e. The van der Waals surface area contributed by atoms with Gasteiger partial charge in [-0.25, -0.2) is 9.37 Å². The molecule has 1 heterocycles. The summed E-state index contributed by atoms with van der Waals surface area (Å²) in [6, 6.07) is 6.64. The maximum Gasteiger partial charge on any atom is 0.224 e. The van der Waals surface area contributed by atoms with Crippen LogP contribution in [0, 0.1) is 19.7 Å². The number of nitrogens with zero attached hydrogens (tertiary/aromatic N) is 2. The Balaban J connectivity index is 2.21. The molecule has 0 bridgehead atoms. The summed E-state index contributed by atoms with van der Waals surface area (Å²) in [6.07, 6.45) is 1.00. The third-order valence-electron chi connectivity index (χ3n) is 2.70. The van der Waals surface area contributed by atoms with E-state index < -0.39 is 0 Å². The van der Waals surface area contributed by atoms with Crippen molar-refractivity contribution in [1.82, 2.24) is 9.97 Å². The standard InChI is InChI=1S/C15H19FN4/c1-4-5-17-15-18-11(3)8-14(20-15)19-13-7-10(2)6-12(16)9-13/h6-9H,4-5H2,1-3H3,(H2,17,18,19,20). The van der Waals surface area contributed by atoms with E-state index in [1.54, 1.807) is 0 Å². The quantitative estimate of drug-likeness (QED) is 0.870. The number of rotatable bonds is 5. The highest BCUT2D eigenvalue weighted by Gasteiger charge is 2.04. The summed E-state index contributed by atoms with van der Waals surface area (Å²) in [5.41, 5.74) is 2.40. The maximum absolute atomic E-state index is 13.4. The van der Waals surface area contributed by atoms with E-state index in [4.69, 9.17) is 0 Å². The van der Waals surface area contributed by atoms with E-state index in [0.717, 1.165) is 24.2 Å². The third kappa shape index (κ3) is 3.91. The molecule has 0 unspecified atom stereocenters. The lowest BCUT2D eigenvalue weighted by molar-refractivity contribution is 0.627. The molecule has 0 aliphatic rings. The first-order valence-electron chi connectivity index (χ1n) is 6.70. The molecular formula is C15H19FN4. The Kier molecular flexibility index (Phi) is 4.50. The Morgan fingerprint density at radius 2 is 1.90 bits per heavy atom. The maximum atomic E-state index is 13.4. The van der Waals surface area contributed by atoms with Gasteiger partial charge < -0.3 is 10.6 Å². The number of aromatic nitrogens is 2.